The Kier molecular flexibility index (Phi) is 3.51. The van der Waals surface area contributed by atoms with Crippen LogP contribution in [0.25, 0.3) is 0 Å². The molecular formula is C11H15BrN4O. The van der Waals surface area contributed by atoms with E-state index in [2.05, 4.69) is 31.5 Å². The van der Waals surface area contributed by atoms with Crippen LogP contribution in [-0.2, 0) is 4.79 Å². The molecule has 1 heterocycles. The van der Waals surface area contributed by atoms with Crippen LogP contribution in [0.3, 0.4) is 0 Å². The molecule has 0 saturated heterocycles. The second-order valence-electron chi connectivity index (χ2n) is 4.24. The largest absolute Gasteiger partial charge is 0.396 e. The van der Waals surface area contributed by atoms with Crippen molar-refractivity contribution in [1.82, 2.24) is 10.3 Å². The lowest BCUT2D eigenvalue weighted by molar-refractivity contribution is -0.121. The van der Waals surface area contributed by atoms with Crippen molar-refractivity contribution >= 4 is 33.3 Å². The third-order valence-electron chi connectivity index (χ3n) is 2.55. The number of carbonyl (C=O) groups is 1. The lowest BCUT2D eigenvalue weighted by Gasteiger charge is -2.15. The predicted molar refractivity (Wildman–Crippen MR) is 70.6 cm³/mol. The number of hydrogen-bond acceptors (Lipinski definition) is 4. The Morgan fingerprint density at radius 3 is 2.94 bits per heavy atom. The summed E-state index contributed by atoms with van der Waals surface area (Å²) in [6.07, 6.45) is 3.80. The first-order valence-electron chi connectivity index (χ1n) is 5.54. The van der Waals surface area contributed by atoms with Crippen molar-refractivity contribution in [3.63, 3.8) is 0 Å². The highest BCUT2D eigenvalue weighted by atomic mass is 79.9. The third kappa shape index (κ3) is 3.33. The lowest BCUT2D eigenvalue weighted by atomic mass is 10.3. The average molecular weight is 299 g/mol. The van der Waals surface area contributed by atoms with Crippen molar-refractivity contribution in [3.05, 3.63) is 16.7 Å². The maximum Gasteiger partial charge on any atom is 0.242 e. The van der Waals surface area contributed by atoms with Gasteiger partial charge in [0.15, 0.2) is 0 Å². The Morgan fingerprint density at radius 2 is 2.35 bits per heavy atom. The van der Waals surface area contributed by atoms with Gasteiger partial charge in [-0.3, -0.25) is 4.79 Å². The highest BCUT2D eigenvalue weighted by Crippen LogP contribution is 2.21. The molecule has 0 aromatic carbocycles. The summed E-state index contributed by atoms with van der Waals surface area (Å²) in [7, 11) is 0. The van der Waals surface area contributed by atoms with Gasteiger partial charge in [0.25, 0.3) is 0 Å². The van der Waals surface area contributed by atoms with Gasteiger partial charge in [0.2, 0.25) is 5.91 Å². The second kappa shape index (κ2) is 4.91. The molecule has 6 heteroatoms. The molecule has 5 nitrogen and oxygen atoms in total. The van der Waals surface area contributed by atoms with Crippen molar-refractivity contribution in [2.24, 2.45) is 0 Å². The standard InChI is InChI=1S/C11H15BrN4O/c1-6(11(17)16-8-2-3-8)15-10-9(13)4-7(12)5-14-10/h4-6,8H,2-3,13H2,1H3,(H,14,15)(H,16,17). The van der Waals surface area contributed by atoms with E-state index in [0.717, 1.165) is 17.3 Å². The van der Waals surface area contributed by atoms with E-state index < -0.39 is 0 Å². The van der Waals surface area contributed by atoms with Gasteiger partial charge in [-0.25, -0.2) is 4.98 Å². The summed E-state index contributed by atoms with van der Waals surface area (Å²) in [5, 5.41) is 5.93. The fourth-order valence-corrected chi connectivity index (χ4v) is 1.75. The molecule has 0 radical (unpaired) electrons. The van der Waals surface area contributed by atoms with Crippen LogP contribution in [-0.4, -0.2) is 23.0 Å². The zero-order chi connectivity index (χ0) is 12.4. The van der Waals surface area contributed by atoms with Crippen LogP contribution < -0.4 is 16.4 Å². The zero-order valence-corrected chi connectivity index (χ0v) is 11.1. The van der Waals surface area contributed by atoms with Gasteiger partial charge in [0, 0.05) is 16.7 Å². The molecular weight excluding hydrogens is 284 g/mol. The fraction of sp³-hybridized carbons (Fsp3) is 0.455. The van der Waals surface area contributed by atoms with Gasteiger partial charge in [-0.05, 0) is 41.8 Å². The summed E-state index contributed by atoms with van der Waals surface area (Å²) in [5.41, 5.74) is 6.32. The Hall–Kier alpha value is -1.30. The van der Waals surface area contributed by atoms with E-state index in [1.807, 2.05) is 0 Å². The summed E-state index contributed by atoms with van der Waals surface area (Å²) >= 11 is 3.28. The number of nitrogen functional groups attached to an aromatic ring is 1. The molecule has 1 atom stereocenters. The number of hydrogen-bond donors (Lipinski definition) is 3. The van der Waals surface area contributed by atoms with Gasteiger partial charge in [-0.2, -0.15) is 0 Å². The van der Waals surface area contributed by atoms with Crippen LogP contribution in [0.1, 0.15) is 19.8 Å². The van der Waals surface area contributed by atoms with Gasteiger partial charge >= 0.3 is 0 Å². The summed E-state index contributed by atoms with van der Waals surface area (Å²) in [5.74, 6) is 0.517. The number of anilines is 2. The van der Waals surface area contributed by atoms with E-state index in [-0.39, 0.29) is 11.9 Å². The molecule has 1 aliphatic carbocycles. The molecule has 1 unspecified atom stereocenters. The van der Waals surface area contributed by atoms with Crippen molar-refractivity contribution in [3.8, 4) is 0 Å². The number of rotatable bonds is 4. The highest BCUT2D eigenvalue weighted by Gasteiger charge is 2.25. The van der Waals surface area contributed by atoms with E-state index in [1.54, 1.807) is 19.2 Å². The Morgan fingerprint density at radius 1 is 1.65 bits per heavy atom. The molecule has 2 rings (SSSR count). The van der Waals surface area contributed by atoms with Crippen LogP contribution in [0.2, 0.25) is 0 Å². The van der Waals surface area contributed by atoms with Crippen LogP contribution in [0.15, 0.2) is 16.7 Å². The second-order valence-corrected chi connectivity index (χ2v) is 5.16. The minimum Gasteiger partial charge on any atom is -0.396 e. The highest BCUT2D eigenvalue weighted by molar-refractivity contribution is 9.10. The molecule has 0 bridgehead atoms. The van der Waals surface area contributed by atoms with Crippen LogP contribution >= 0.6 is 15.9 Å². The van der Waals surface area contributed by atoms with Gasteiger partial charge < -0.3 is 16.4 Å². The first-order valence-corrected chi connectivity index (χ1v) is 6.33. The predicted octanol–water partition coefficient (Wildman–Crippen LogP) is 1.51. The summed E-state index contributed by atoms with van der Waals surface area (Å²) in [4.78, 5) is 15.9. The van der Waals surface area contributed by atoms with Gasteiger partial charge in [0.05, 0.1) is 5.69 Å². The molecule has 1 fully saturated rings. The molecule has 0 aliphatic heterocycles. The summed E-state index contributed by atoms with van der Waals surface area (Å²) in [6.45, 7) is 1.79. The number of carbonyl (C=O) groups excluding carboxylic acids is 1. The topological polar surface area (TPSA) is 80.0 Å². The number of aromatic nitrogens is 1. The Bertz CT molecular complexity index is 433. The molecule has 1 aromatic rings. The summed E-state index contributed by atoms with van der Waals surface area (Å²) < 4.78 is 0.815. The zero-order valence-electron chi connectivity index (χ0n) is 9.53. The van der Waals surface area contributed by atoms with E-state index in [4.69, 9.17) is 5.73 Å². The van der Waals surface area contributed by atoms with E-state index in [1.165, 1.54) is 0 Å². The van der Waals surface area contributed by atoms with E-state index in [0.29, 0.717) is 17.5 Å². The molecule has 0 spiro atoms. The monoisotopic (exact) mass is 298 g/mol. The average Bonchev–Trinajstić information content (AvgIpc) is 3.06. The maximum atomic E-state index is 11.7. The Labute approximate surface area is 108 Å². The van der Waals surface area contributed by atoms with Crippen molar-refractivity contribution in [2.75, 3.05) is 11.1 Å². The quantitative estimate of drug-likeness (QED) is 0.787. The molecule has 4 N–H and O–H groups in total. The van der Waals surface area contributed by atoms with E-state index >= 15 is 0 Å². The number of amides is 1. The molecule has 17 heavy (non-hydrogen) atoms. The van der Waals surface area contributed by atoms with Crippen molar-refractivity contribution in [1.29, 1.82) is 0 Å². The normalized spacial score (nSPS) is 16.4. The van der Waals surface area contributed by atoms with Crippen LogP contribution in [0.5, 0.6) is 0 Å². The third-order valence-corrected chi connectivity index (χ3v) is 2.99. The van der Waals surface area contributed by atoms with Crippen molar-refractivity contribution < 1.29 is 4.79 Å². The minimum absolute atomic E-state index is 0.0170. The van der Waals surface area contributed by atoms with E-state index in [9.17, 15) is 4.79 Å². The minimum atomic E-state index is -0.341. The van der Waals surface area contributed by atoms with Crippen LogP contribution in [0.4, 0.5) is 11.5 Å². The molecule has 1 saturated carbocycles. The lowest BCUT2D eigenvalue weighted by Crippen LogP contribution is -2.39. The SMILES string of the molecule is CC(Nc1ncc(Br)cc1N)C(=O)NC1CC1. The first kappa shape index (κ1) is 12.2. The molecule has 1 aliphatic rings. The smallest absolute Gasteiger partial charge is 0.242 e. The van der Waals surface area contributed by atoms with Gasteiger partial charge in [0.1, 0.15) is 11.9 Å². The number of nitrogens with zero attached hydrogens (tertiary/aromatic N) is 1. The summed E-state index contributed by atoms with van der Waals surface area (Å²) in [6, 6.07) is 1.77. The number of nitrogens with one attached hydrogen (secondary N) is 2. The number of pyridine rings is 1. The van der Waals surface area contributed by atoms with Gasteiger partial charge in [-0.1, -0.05) is 0 Å². The maximum absolute atomic E-state index is 11.7. The molecule has 1 amide bonds. The first-order chi connectivity index (χ1) is 8.06. The fourth-order valence-electron chi connectivity index (χ4n) is 1.40. The Balaban J connectivity index is 1.96. The molecule has 1 aromatic heterocycles. The molecule has 92 valence electrons. The number of nitrogens with two attached hydrogens (primary N) is 1. The van der Waals surface area contributed by atoms with Gasteiger partial charge in [-0.15, -0.1) is 0 Å². The van der Waals surface area contributed by atoms with Crippen molar-refractivity contribution in [2.45, 2.75) is 31.8 Å². The van der Waals surface area contributed by atoms with Crippen LogP contribution in [0, 0.1) is 0 Å². The number of halogens is 1.